The quantitative estimate of drug-likeness (QED) is 0.609. The number of nitrogens with one attached hydrogen (secondary N) is 2. The number of hydrogen-bond donors (Lipinski definition) is 2. The Morgan fingerprint density at radius 1 is 1.12 bits per heavy atom. The average molecular weight is 354 g/mol. The Balaban J connectivity index is 1.43. The van der Waals surface area contributed by atoms with Gasteiger partial charge in [-0.15, -0.1) is 11.3 Å². The van der Waals surface area contributed by atoms with E-state index in [2.05, 4.69) is 33.9 Å². The van der Waals surface area contributed by atoms with Gasteiger partial charge in [-0.05, 0) is 35.9 Å². The largest absolute Gasteiger partial charge is 0.338 e. The minimum Gasteiger partial charge on any atom is -0.338 e. The Hall–Kier alpha value is -2.60. The Morgan fingerprint density at radius 2 is 2.00 bits per heavy atom. The van der Waals surface area contributed by atoms with Crippen LogP contribution in [-0.2, 0) is 6.42 Å². The predicted octanol–water partition coefficient (Wildman–Crippen LogP) is 3.47. The summed E-state index contributed by atoms with van der Waals surface area (Å²) in [4.78, 5) is 13.2. The van der Waals surface area contributed by atoms with Crippen molar-refractivity contribution in [3.63, 3.8) is 0 Å². The van der Waals surface area contributed by atoms with Crippen LogP contribution in [0.3, 0.4) is 0 Å². The summed E-state index contributed by atoms with van der Waals surface area (Å²) in [5.74, 6) is 0. The third kappa shape index (κ3) is 5.19. The van der Waals surface area contributed by atoms with Crippen LogP contribution in [0.25, 0.3) is 0 Å². The first kappa shape index (κ1) is 17.2. The Bertz CT molecular complexity index is 707. The maximum absolute atomic E-state index is 12.0. The fraction of sp³-hybridized carbons (Fsp3) is 0.263. The number of benzene rings is 1. The van der Waals surface area contributed by atoms with Crippen molar-refractivity contribution in [3.8, 4) is 0 Å². The first-order valence-corrected chi connectivity index (χ1v) is 9.29. The number of nitrogens with zero attached hydrogens (tertiary/aromatic N) is 2. The number of rotatable bonds is 8. The van der Waals surface area contributed by atoms with Crippen LogP contribution in [0.2, 0.25) is 0 Å². The van der Waals surface area contributed by atoms with Crippen LogP contribution >= 0.6 is 11.3 Å². The standard InChI is InChI=1S/C19H22N4OS/c24-19(20-11-4-9-16-7-2-1-3-8-16)21-15-17(18-10-5-14-25-18)23-13-6-12-22-23/h1-3,5-8,10,12-14,17H,4,9,11,15H2,(H2,20,21,24)/t17-/m1/s1. The van der Waals surface area contributed by atoms with E-state index in [1.54, 1.807) is 17.5 Å². The first-order chi connectivity index (χ1) is 12.3. The normalized spacial score (nSPS) is 11.8. The summed E-state index contributed by atoms with van der Waals surface area (Å²) in [6.07, 6.45) is 5.56. The summed E-state index contributed by atoms with van der Waals surface area (Å²) in [7, 11) is 0. The lowest BCUT2D eigenvalue weighted by Crippen LogP contribution is -2.39. The molecule has 130 valence electrons. The van der Waals surface area contributed by atoms with E-state index in [1.165, 1.54) is 10.4 Å². The fourth-order valence-electron chi connectivity index (χ4n) is 2.66. The topological polar surface area (TPSA) is 59.0 Å². The maximum atomic E-state index is 12.0. The molecule has 0 saturated heterocycles. The molecule has 0 spiro atoms. The summed E-state index contributed by atoms with van der Waals surface area (Å²) < 4.78 is 1.88. The fourth-order valence-corrected chi connectivity index (χ4v) is 3.48. The predicted molar refractivity (Wildman–Crippen MR) is 101 cm³/mol. The molecule has 3 aromatic rings. The van der Waals surface area contributed by atoms with Crippen molar-refractivity contribution >= 4 is 17.4 Å². The van der Waals surface area contributed by atoms with Crippen LogP contribution < -0.4 is 10.6 Å². The molecule has 2 N–H and O–H groups in total. The van der Waals surface area contributed by atoms with Crippen molar-refractivity contribution in [3.05, 3.63) is 76.7 Å². The van der Waals surface area contributed by atoms with Crippen LogP contribution in [0.4, 0.5) is 4.79 Å². The lowest BCUT2D eigenvalue weighted by molar-refractivity contribution is 0.239. The van der Waals surface area contributed by atoms with Crippen molar-refractivity contribution in [2.75, 3.05) is 13.1 Å². The first-order valence-electron chi connectivity index (χ1n) is 8.41. The smallest absolute Gasteiger partial charge is 0.314 e. The molecule has 6 heteroatoms. The van der Waals surface area contributed by atoms with Gasteiger partial charge in [-0.3, -0.25) is 4.68 Å². The zero-order chi connectivity index (χ0) is 17.3. The Morgan fingerprint density at radius 3 is 2.72 bits per heavy atom. The van der Waals surface area contributed by atoms with Crippen molar-refractivity contribution in [1.82, 2.24) is 20.4 Å². The highest BCUT2D eigenvalue weighted by Gasteiger charge is 2.16. The molecule has 0 bridgehead atoms. The molecule has 1 atom stereocenters. The molecule has 2 amide bonds. The number of urea groups is 1. The maximum Gasteiger partial charge on any atom is 0.314 e. The van der Waals surface area contributed by atoms with E-state index in [0.29, 0.717) is 13.1 Å². The molecule has 2 heterocycles. The second-order valence-electron chi connectivity index (χ2n) is 5.74. The molecule has 0 unspecified atom stereocenters. The van der Waals surface area contributed by atoms with Crippen LogP contribution in [0, 0.1) is 0 Å². The summed E-state index contributed by atoms with van der Waals surface area (Å²) >= 11 is 1.67. The second kappa shape index (κ2) is 9.03. The van der Waals surface area contributed by atoms with E-state index < -0.39 is 0 Å². The summed E-state index contributed by atoms with van der Waals surface area (Å²) in [5.41, 5.74) is 1.29. The number of aromatic nitrogens is 2. The highest BCUT2D eigenvalue weighted by molar-refractivity contribution is 7.10. The Kier molecular flexibility index (Phi) is 6.23. The molecule has 0 radical (unpaired) electrons. The summed E-state index contributed by atoms with van der Waals surface area (Å²) in [5, 5.41) is 12.2. The van der Waals surface area contributed by atoms with Gasteiger partial charge in [0.25, 0.3) is 0 Å². The number of thiophene rings is 1. The minimum absolute atomic E-state index is 0.0186. The highest BCUT2D eigenvalue weighted by atomic mass is 32.1. The van der Waals surface area contributed by atoms with Crippen molar-refractivity contribution in [2.24, 2.45) is 0 Å². The molecule has 2 aromatic heterocycles. The van der Waals surface area contributed by atoms with E-state index >= 15 is 0 Å². The molecule has 1 aromatic carbocycles. The van der Waals surface area contributed by atoms with Crippen molar-refractivity contribution in [1.29, 1.82) is 0 Å². The lowest BCUT2D eigenvalue weighted by atomic mass is 10.1. The lowest BCUT2D eigenvalue weighted by Gasteiger charge is -2.17. The SMILES string of the molecule is O=C(NCCCc1ccccc1)NC[C@H](c1cccs1)n1cccn1. The van der Waals surface area contributed by atoms with E-state index in [4.69, 9.17) is 0 Å². The van der Waals surface area contributed by atoms with Gasteiger partial charge in [0.15, 0.2) is 0 Å². The van der Waals surface area contributed by atoms with Crippen LogP contribution in [0.15, 0.2) is 66.3 Å². The van der Waals surface area contributed by atoms with Gasteiger partial charge in [0.2, 0.25) is 0 Å². The molecule has 0 saturated carbocycles. The van der Waals surface area contributed by atoms with Gasteiger partial charge < -0.3 is 10.6 Å². The van der Waals surface area contributed by atoms with Crippen LogP contribution in [-0.4, -0.2) is 28.9 Å². The molecule has 3 rings (SSSR count). The molecule has 0 aliphatic rings. The van der Waals surface area contributed by atoms with Gasteiger partial charge in [0.1, 0.15) is 6.04 Å². The zero-order valence-electron chi connectivity index (χ0n) is 14.0. The third-order valence-electron chi connectivity index (χ3n) is 3.94. The van der Waals surface area contributed by atoms with Gasteiger partial charge >= 0.3 is 6.03 Å². The molecule has 5 nitrogen and oxygen atoms in total. The van der Waals surface area contributed by atoms with Crippen LogP contribution in [0.5, 0.6) is 0 Å². The minimum atomic E-state index is -0.137. The number of hydrogen-bond acceptors (Lipinski definition) is 3. The van der Waals surface area contributed by atoms with E-state index in [0.717, 1.165) is 12.8 Å². The number of carbonyl (C=O) groups excluding carboxylic acids is 1. The number of amides is 2. The molecule has 25 heavy (non-hydrogen) atoms. The molecular weight excluding hydrogens is 332 g/mol. The van der Waals surface area contributed by atoms with Crippen molar-refractivity contribution < 1.29 is 4.79 Å². The van der Waals surface area contributed by atoms with Gasteiger partial charge in [0, 0.05) is 30.4 Å². The molecular formula is C19H22N4OS. The van der Waals surface area contributed by atoms with Crippen molar-refractivity contribution in [2.45, 2.75) is 18.9 Å². The third-order valence-corrected chi connectivity index (χ3v) is 4.92. The summed E-state index contributed by atoms with van der Waals surface area (Å²) in [6.45, 7) is 1.17. The van der Waals surface area contributed by atoms with Gasteiger partial charge in [-0.2, -0.15) is 5.10 Å². The molecule has 0 aliphatic heterocycles. The van der Waals surface area contributed by atoms with Crippen LogP contribution in [0.1, 0.15) is 22.9 Å². The van der Waals surface area contributed by atoms with Gasteiger partial charge in [-0.1, -0.05) is 36.4 Å². The van der Waals surface area contributed by atoms with E-state index in [1.807, 2.05) is 46.6 Å². The molecule has 0 aliphatic carbocycles. The van der Waals surface area contributed by atoms with Gasteiger partial charge in [0.05, 0.1) is 0 Å². The van der Waals surface area contributed by atoms with E-state index in [-0.39, 0.29) is 12.1 Å². The monoisotopic (exact) mass is 354 g/mol. The van der Waals surface area contributed by atoms with E-state index in [9.17, 15) is 4.79 Å². The average Bonchev–Trinajstić information content (AvgIpc) is 3.34. The zero-order valence-corrected chi connectivity index (χ0v) is 14.8. The second-order valence-corrected chi connectivity index (χ2v) is 6.72. The molecule has 0 fully saturated rings. The number of aryl methyl sites for hydroxylation is 1. The van der Waals surface area contributed by atoms with Gasteiger partial charge in [-0.25, -0.2) is 4.79 Å². The number of carbonyl (C=O) groups is 1. The highest BCUT2D eigenvalue weighted by Crippen LogP contribution is 2.21. The Labute approximate surface area is 151 Å². The summed E-state index contributed by atoms with van der Waals surface area (Å²) in [6, 6.07) is 16.2.